The molecule has 0 saturated carbocycles. The van der Waals surface area contributed by atoms with E-state index in [9.17, 15) is 0 Å². The van der Waals surface area contributed by atoms with Gasteiger partial charge in [0, 0.05) is 21.9 Å². The normalized spacial score (nSPS) is 21.7. The second-order valence-electron chi connectivity index (χ2n) is 8.07. The molecule has 2 aromatic carbocycles. The third-order valence-corrected chi connectivity index (χ3v) is 6.48. The van der Waals surface area contributed by atoms with Gasteiger partial charge in [-0.05, 0) is 60.1 Å². The number of methoxy groups -OCH3 is 1. The molecule has 0 N–H and O–H groups in total. The van der Waals surface area contributed by atoms with E-state index in [0.717, 1.165) is 21.4 Å². The molecule has 0 amide bonds. The van der Waals surface area contributed by atoms with Gasteiger partial charge < -0.3 is 4.74 Å². The maximum Gasteiger partial charge on any atom is 0.120 e. The summed E-state index contributed by atoms with van der Waals surface area (Å²) in [6.07, 6.45) is 4.63. The number of allylic oxidation sites excluding steroid dienone is 3. The number of ether oxygens (including phenoxy) is 1. The van der Waals surface area contributed by atoms with Crippen LogP contribution in [0.3, 0.4) is 0 Å². The van der Waals surface area contributed by atoms with Crippen molar-refractivity contribution in [2.45, 2.75) is 60.3 Å². The van der Waals surface area contributed by atoms with E-state index >= 15 is 0 Å². The number of halogens is 2. The zero-order chi connectivity index (χ0) is 24.4. The van der Waals surface area contributed by atoms with Crippen molar-refractivity contribution in [3.63, 3.8) is 0 Å². The number of rotatable bonds is 5. The van der Waals surface area contributed by atoms with E-state index in [1.165, 1.54) is 11.1 Å². The van der Waals surface area contributed by atoms with E-state index in [4.69, 9.17) is 27.9 Å². The van der Waals surface area contributed by atoms with Gasteiger partial charge in [-0.2, -0.15) is 0 Å². The van der Waals surface area contributed by atoms with Gasteiger partial charge in [0.05, 0.1) is 7.11 Å². The first-order valence-electron chi connectivity index (χ1n) is 11.8. The Morgan fingerprint density at radius 2 is 1.53 bits per heavy atom. The highest BCUT2D eigenvalue weighted by molar-refractivity contribution is 6.31. The zero-order valence-electron chi connectivity index (χ0n) is 21.0. The third kappa shape index (κ3) is 6.65. The Balaban J connectivity index is 0.00000121. The molecule has 1 aliphatic rings. The molecule has 0 heterocycles. The third-order valence-electron chi connectivity index (χ3n) is 5.90. The molecule has 1 nitrogen and oxygen atoms in total. The van der Waals surface area contributed by atoms with Gasteiger partial charge in [-0.3, -0.25) is 0 Å². The maximum absolute atomic E-state index is 6.69. The highest BCUT2D eigenvalue weighted by atomic mass is 35.5. The summed E-state index contributed by atoms with van der Waals surface area (Å²) < 4.78 is 5.34. The fourth-order valence-corrected chi connectivity index (χ4v) is 5.01. The first-order valence-corrected chi connectivity index (χ1v) is 12.5. The van der Waals surface area contributed by atoms with Crippen LogP contribution in [-0.4, -0.2) is 7.11 Å². The van der Waals surface area contributed by atoms with E-state index in [1.807, 2.05) is 52.0 Å². The minimum absolute atomic E-state index is 0.183. The van der Waals surface area contributed by atoms with E-state index < -0.39 is 0 Å². The van der Waals surface area contributed by atoms with Crippen LogP contribution >= 0.6 is 23.2 Å². The van der Waals surface area contributed by atoms with Crippen LogP contribution in [0, 0.1) is 17.8 Å². The van der Waals surface area contributed by atoms with Crippen LogP contribution in [0.5, 0.6) is 5.75 Å². The van der Waals surface area contributed by atoms with Gasteiger partial charge in [0.15, 0.2) is 0 Å². The van der Waals surface area contributed by atoms with Crippen LogP contribution in [0.25, 0.3) is 0 Å². The molecule has 0 aliphatic heterocycles. The van der Waals surface area contributed by atoms with Crippen LogP contribution < -0.4 is 4.74 Å². The molecule has 3 heteroatoms. The minimum atomic E-state index is 0.183. The molecule has 32 heavy (non-hydrogen) atoms. The van der Waals surface area contributed by atoms with Crippen molar-refractivity contribution >= 4 is 23.2 Å². The molecule has 2 aromatic rings. The van der Waals surface area contributed by atoms with Gasteiger partial charge in [-0.15, -0.1) is 0 Å². The molecule has 1 aliphatic carbocycles. The van der Waals surface area contributed by atoms with Gasteiger partial charge in [0.25, 0.3) is 0 Å². The van der Waals surface area contributed by atoms with Crippen LogP contribution in [0.4, 0.5) is 0 Å². The lowest BCUT2D eigenvalue weighted by molar-refractivity contribution is 0.241. The Hall–Kier alpha value is -1.70. The van der Waals surface area contributed by atoms with Gasteiger partial charge in [0.2, 0.25) is 0 Å². The Bertz CT molecular complexity index is 867. The van der Waals surface area contributed by atoms with Crippen molar-refractivity contribution in [1.82, 2.24) is 0 Å². The average molecular weight is 476 g/mol. The quantitative estimate of drug-likeness (QED) is 0.391. The molecule has 4 atom stereocenters. The zero-order valence-corrected chi connectivity index (χ0v) is 22.5. The fraction of sp³-hybridized carbons (Fsp3) is 0.448. The lowest BCUT2D eigenvalue weighted by atomic mass is 9.61. The minimum Gasteiger partial charge on any atom is -0.497 e. The standard InChI is InChI=1S/C25H28Cl2O.2C2H6/c1-15(2)20-12-13-22(21-11-10-19(28-5)14-23(21)27)25(24(20)16(3)4)17-6-8-18(26)9-7-17;2*1-2/h6-14,16,20,22,24-25H,1H2,2-5H3;2*1-2H3. The molecule has 0 saturated heterocycles. The predicted molar refractivity (Wildman–Crippen MR) is 143 cm³/mol. The van der Waals surface area contributed by atoms with Gasteiger partial charge in [-0.25, -0.2) is 0 Å². The summed E-state index contributed by atoms with van der Waals surface area (Å²) >= 11 is 12.9. The molecule has 0 radical (unpaired) electrons. The van der Waals surface area contributed by atoms with E-state index in [-0.39, 0.29) is 11.8 Å². The van der Waals surface area contributed by atoms with Gasteiger partial charge in [0.1, 0.15) is 5.75 Å². The summed E-state index contributed by atoms with van der Waals surface area (Å²) in [4.78, 5) is 0. The molecule has 3 rings (SSSR count). The second-order valence-corrected chi connectivity index (χ2v) is 8.91. The number of hydrogen-bond donors (Lipinski definition) is 0. The molecule has 4 unspecified atom stereocenters. The highest BCUT2D eigenvalue weighted by Crippen LogP contribution is 2.52. The van der Waals surface area contributed by atoms with E-state index in [2.05, 4.69) is 57.7 Å². The van der Waals surface area contributed by atoms with Crippen molar-refractivity contribution in [2.24, 2.45) is 17.8 Å². The van der Waals surface area contributed by atoms with Crippen LogP contribution in [-0.2, 0) is 0 Å². The average Bonchev–Trinajstić information content (AvgIpc) is 2.81. The number of benzene rings is 2. The lowest BCUT2D eigenvalue weighted by Gasteiger charge is -2.43. The summed E-state index contributed by atoms with van der Waals surface area (Å²) in [5.41, 5.74) is 3.62. The summed E-state index contributed by atoms with van der Waals surface area (Å²) in [5.74, 6) is 2.50. The van der Waals surface area contributed by atoms with Gasteiger partial charge >= 0.3 is 0 Å². The summed E-state index contributed by atoms with van der Waals surface area (Å²) in [6.45, 7) is 19.0. The fourth-order valence-electron chi connectivity index (χ4n) is 4.59. The van der Waals surface area contributed by atoms with Crippen molar-refractivity contribution in [3.8, 4) is 5.75 Å². The maximum atomic E-state index is 6.69. The second kappa shape index (κ2) is 13.8. The van der Waals surface area contributed by atoms with Crippen LogP contribution in [0.15, 0.2) is 66.8 Å². The lowest BCUT2D eigenvalue weighted by Crippen LogP contribution is -2.33. The molecule has 0 aromatic heterocycles. The Kier molecular flexibility index (Phi) is 12.2. The topological polar surface area (TPSA) is 9.23 Å². The molecular formula is C29H40Cl2O. The largest absolute Gasteiger partial charge is 0.497 e. The van der Waals surface area contributed by atoms with Crippen LogP contribution in [0.1, 0.15) is 71.4 Å². The first-order chi connectivity index (χ1) is 15.3. The van der Waals surface area contributed by atoms with E-state index in [1.54, 1.807) is 7.11 Å². The summed E-state index contributed by atoms with van der Waals surface area (Å²) in [7, 11) is 1.66. The predicted octanol–water partition coefficient (Wildman–Crippen LogP) is 9.96. The Morgan fingerprint density at radius 1 is 0.938 bits per heavy atom. The molecule has 176 valence electrons. The Labute approximate surface area is 206 Å². The van der Waals surface area contributed by atoms with Crippen LogP contribution in [0.2, 0.25) is 10.0 Å². The van der Waals surface area contributed by atoms with Gasteiger partial charge in [-0.1, -0.05) is 107 Å². The number of hydrogen-bond acceptors (Lipinski definition) is 1. The molecule has 0 spiro atoms. The first kappa shape index (κ1) is 28.3. The Morgan fingerprint density at radius 3 is 2.00 bits per heavy atom. The molecule has 0 fully saturated rings. The van der Waals surface area contributed by atoms with Crippen molar-refractivity contribution in [3.05, 3.63) is 87.9 Å². The highest BCUT2D eigenvalue weighted by Gasteiger charge is 2.40. The summed E-state index contributed by atoms with van der Waals surface area (Å²) in [6, 6.07) is 14.3. The van der Waals surface area contributed by atoms with Crippen molar-refractivity contribution in [1.29, 1.82) is 0 Å². The smallest absolute Gasteiger partial charge is 0.120 e. The monoisotopic (exact) mass is 474 g/mol. The molecule has 0 bridgehead atoms. The van der Waals surface area contributed by atoms with Crippen molar-refractivity contribution < 1.29 is 4.74 Å². The van der Waals surface area contributed by atoms with E-state index in [0.29, 0.717) is 17.8 Å². The SMILES string of the molecule is C=C(C)C1C=CC(c2ccc(OC)cc2Cl)C(c2ccc(Cl)cc2)C1C(C)C.CC.CC. The molecular weight excluding hydrogens is 435 g/mol. The summed E-state index contributed by atoms with van der Waals surface area (Å²) in [5, 5.41) is 1.50. The van der Waals surface area contributed by atoms with Crippen molar-refractivity contribution in [2.75, 3.05) is 7.11 Å².